The third-order valence-corrected chi connectivity index (χ3v) is 7.21. The van der Waals surface area contributed by atoms with Crippen LogP contribution in [-0.4, -0.2) is 34.0 Å². The van der Waals surface area contributed by atoms with Crippen LogP contribution < -0.4 is 5.32 Å². The average molecular weight is 558 g/mol. The highest BCUT2D eigenvalue weighted by Crippen LogP contribution is 2.23. The number of carbonyl (C=O) groups excluding carboxylic acids is 2. The van der Waals surface area contributed by atoms with Crippen LogP contribution in [-0.2, 0) is 22.6 Å². The van der Waals surface area contributed by atoms with Crippen molar-refractivity contribution in [2.24, 2.45) is 0 Å². The zero-order chi connectivity index (χ0) is 26.8. The molecule has 0 radical (unpaired) electrons. The highest BCUT2D eigenvalue weighted by Gasteiger charge is 2.32. The first-order valence-corrected chi connectivity index (χ1v) is 14.1. The Morgan fingerprint density at radius 3 is 2.22 bits per heavy atom. The summed E-state index contributed by atoms with van der Waals surface area (Å²) >= 11 is 13.9. The van der Waals surface area contributed by atoms with E-state index in [1.807, 2.05) is 93.6 Å². The monoisotopic (exact) mass is 556 g/mol. The summed E-state index contributed by atoms with van der Waals surface area (Å²) in [5.41, 5.74) is 1.46. The summed E-state index contributed by atoms with van der Waals surface area (Å²) in [5.74, 6) is 0.569. The van der Waals surface area contributed by atoms with Gasteiger partial charge in [0.05, 0.1) is 0 Å². The zero-order valence-corrected chi connectivity index (χ0v) is 23.9. The Labute approximate surface area is 234 Å². The molecule has 0 saturated heterocycles. The van der Waals surface area contributed by atoms with Crippen LogP contribution in [0.25, 0.3) is 0 Å². The minimum Gasteiger partial charge on any atom is -0.350 e. The van der Waals surface area contributed by atoms with E-state index < -0.39 is 11.6 Å². The minimum absolute atomic E-state index is 0.0540. The van der Waals surface area contributed by atoms with E-state index in [-0.39, 0.29) is 11.8 Å². The van der Waals surface area contributed by atoms with Gasteiger partial charge in [-0.15, -0.1) is 11.8 Å². The lowest BCUT2D eigenvalue weighted by Crippen LogP contribution is -2.54. The van der Waals surface area contributed by atoms with E-state index in [2.05, 4.69) is 5.32 Å². The van der Waals surface area contributed by atoms with Crippen molar-refractivity contribution in [3.05, 3.63) is 100 Å². The number of rotatable bonds is 11. The number of thioether (sulfide) groups is 1. The number of nitrogens with one attached hydrogen (secondary N) is 1. The Kier molecular flexibility index (Phi) is 10.9. The second kappa shape index (κ2) is 13.9. The molecule has 1 unspecified atom stereocenters. The number of hydrogen-bond donors (Lipinski definition) is 1. The second-order valence-electron chi connectivity index (χ2n) is 10.0. The van der Waals surface area contributed by atoms with Gasteiger partial charge in [-0.25, -0.2) is 0 Å². The average Bonchev–Trinajstić information content (AvgIpc) is 2.84. The maximum absolute atomic E-state index is 13.7. The van der Waals surface area contributed by atoms with Crippen molar-refractivity contribution in [1.82, 2.24) is 10.2 Å². The van der Waals surface area contributed by atoms with Gasteiger partial charge in [-0.1, -0.05) is 65.7 Å². The van der Waals surface area contributed by atoms with Gasteiger partial charge in [-0.2, -0.15) is 0 Å². The van der Waals surface area contributed by atoms with Crippen LogP contribution in [0, 0.1) is 0 Å². The van der Waals surface area contributed by atoms with Gasteiger partial charge < -0.3 is 10.2 Å². The molecular formula is C30H34Cl2N2O2S. The van der Waals surface area contributed by atoms with Crippen LogP contribution in [0.4, 0.5) is 0 Å². The lowest BCUT2D eigenvalue weighted by Gasteiger charge is -2.34. The maximum Gasteiger partial charge on any atom is 0.243 e. The third-order valence-electron chi connectivity index (χ3n) is 5.63. The van der Waals surface area contributed by atoms with Crippen LogP contribution in [0.15, 0.2) is 83.8 Å². The smallest absolute Gasteiger partial charge is 0.243 e. The molecule has 37 heavy (non-hydrogen) atoms. The first-order valence-electron chi connectivity index (χ1n) is 12.4. The number of nitrogens with zero attached hydrogens (tertiary/aromatic N) is 1. The molecule has 1 N–H and O–H groups in total. The standard InChI is InChI=1S/C30H34Cl2N2O2S/c1-30(2,3)33-29(36)27(20-22-9-5-4-6-10-22)34(21-23-11-7-12-25(32)19-23)28(35)13-8-18-37-26-16-14-24(31)15-17-26/h4-7,9-12,14-17,19,27H,8,13,18,20-21H2,1-3H3,(H,33,36). The van der Waals surface area contributed by atoms with Crippen molar-refractivity contribution in [3.63, 3.8) is 0 Å². The molecular weight excluding hydrogens is 523 g/mol. The number of benzene rings is 3. The molecule has 3 rings (SSSR count). The molecule has 0 aromatic heterocycles. The number of amides is 2. The molecule has 0 saturated carbocycles. The van der Waals surface area contributed by atoms with Crippen molar-refractivity contribution < 1.29 is 9.59 Å². The molecule has 7 heteroatoms. The van der Waals surface area contributed by atoms with Crippen LogP contribution in [0.5, 0.6) is 0 Å². The fourth-order valence-corrected chi connectivity index (χ4v) is 5.12. The highest BCUT2D eigenvalue weighted by atomic mass is 35.5. The molecule has 0 aliphatic carbocycles. The van der Waals surface area contributed by atoms with E-state index >= 15 is 0 Å². The SMILES string of the molecule is CC(C)(C)NC(=O)C(Cc1ccccc1)N(Cc1cccc(Cl)c1)C(=O)CCCSc1ccc(Cl)cc1. The van der Waals surface area contributed by atoms with E-state index in [9.17, 15) is 9.59 Å². The maximum atomic E-state index is 13.7. The Bertz CT molecular complexity index is 1160. The summed E-state index contributed by atoms with van der Waals surface area (Å²) in [4.78, 5) is 30.1. The van der Waals surface area contributed by atoms with Crippen molar-refractivity contribution in [2.45, 2.75) is 63.1 Å². The minimum atomic E-state index is -0.656. The molecule has 3 aromatic carbocycles. The Hall–Kier alpha value is -2.47. The third kappa shape index (κ3) is 10.1. The summed E-state index contributed by atoms with van der Waals surface area (Å²) in [5, 5.41) is 4.39. The zero-order valence-electron chi connectivity index (χ0n) is 21.5. The predicted molar refractivity (Wildman–Crippen MR) is 155 cm³/mol. The number of hydrogen-bond acceptors (Lipinski definition) is 3. The van der Waals surface area contributed by atoms with E-state index in [4.69, 9.17) is 23.2 Å². The van der Waals surface area contributed by atoms with Gasteiger partial charge in [-0.3, -0.25) is 9.59 Å². The van der Waals surface area contributed by atoms with E-state index in [0.717, 1.165) is 21.8 Å². The molecule has 0 bridgehead atoms. The van der Waals surface area contributed by atoms with Crippen molar-refractivity contribution >= 4 is 46.8 Å². The van der Waals surface area contributed by atoms with Gasteiger partial charge in [0.2, 0.25) is 11.8 Å². The molecule has 1 atom stereocenters. The molecule has 0 aliphatic rings. The van der Waals surface area contributed by atoms with Crippen LogP contribution in [0.1, 0.15) is 44.7 Å². The van der Waals surface area contributed by atoms with Crippen LogP contribution >= 0.6 is 35.0 Å². The molecule has 0 spiro atoms. The summed E-state index contributed by atoms with van der Waals surface area (Å²) in [6.07, 6.45) is 1.46. The van der Waals surface area contributed by atoms with Gasteiger partial charge in [0.25, 0.3) is 0 Å². The first-order chi connectivity index (χ1) is 17.6. The Morgan fingerprint density at radius 2 is 1.57 bits per heavy atom. The van der Waals surface area contributed by atoms with Gasteiger partial charge in [0.1, 0.15) is 6.04 Å². The predicted octanol–water partition coefficient (Wildman–Crippen LogP) is 7.42. The van der Waals surface area contributed by atoms with Crippen molar-refractivity contribution in [1.29, 1.82) is 0 Å². The summed E-state index contributed by atoms with van der Waals surface area (Å²) in [6.45, 7) is 6.14. The lowest BCUT2D eigenvalue weighted by molar-refractivity contribution is -0.142. The van der Waals surface area contributed by atoms with Gasteiger partial charge in [-0.05, 0) is 80.5 Å². The summed E-state index contributed by atoms with van der Waals surface area (Å²) in [6, 6.07) is 24.3. The number of carbonyl (C=O) groups is 2. The highest BCUT2D eigenvalue weighted by molar-refractivity contribution is 7.99. The normalized spacial score (nSPS) is 12.1. The molecule has 0 heterocycles. The van der Waals surface area contributed by atoms with Crippen molar-refractivity contribution in [2.75, 3.05) is 5.75 Å². The molecule has 2 amide bonds. The quantitative estimate of drug-likeness (QED) is 0.197. The van der Waals surface area contributed by atoms with Crippen molar-refractivity contribution in [3.8, 4) is 0 Å². The molecule has 4 nitrogen and oxygen atoms in total. The lowest BCUT2D eigenvalue weighted by atomic mass is 10.00. The topological polar surface area (TPSA) is 49.4 Å². The summed E-state index contributed by atoms with van der Waals surface area (Å²) < 4.78 is 0. The molecule has 0 fully saturated rings. The van der Waals surface area contributed by atoms with Gasteiger partial charge >= 0.3 is 0 Å². The van der Waals surface area contributed by atoms with E-state index in [1.54, 1.807) is 22.7 Å². The van der Waals surface area contributed by atoms with E-state index in [1.165, 1.54) is 0 Å². The first kappa shape index (κ1) is 29.1. The number of halogens is 2. The van der Waals surface area contributed by atoms with E-state index in [0.29, 0.717) is 35.9 Å². The Balaban J connectivity index is 1.81. The summed E-state index contributed by atoms with van der Waals surface area (Å²) in [7, 11) is 0. The molecule has 3 aromatic rings. The second-order valence-corrected chi connectivity index (χ2v) is 12.0. The van der Waals surface area contributed by atoms with Crippen LogP contribution in [0.3, 0.4) is 0 Å². The fraction of sp³-hybridized carbons (Fsp3) is 0.333. The Morgan fingerprint density at radius 1 is 0.892 bits per heavy atom. The van der Waals surface area contributed by atoms with Crippen LogP contribution in [0.2, 0.25) is 10.0 Å². The largest absolute Gasteiger partial charge is 0.350 e. The molecule has 196 valence electrons. The van der Waals surface area contributed by atoms with Gasteiger partial charge in [0, 0.05) is 39.9 Å². The molecule has 0 aliphatic heterocycles. The van der Waals surface area contributed by atoms with Gasteiger partial charge in [0.15, 0.2) is 0 Å². The fourth-order valence-electron chi connectivity index (χ4n) is 3.93.